The molecule has 0 aliphatic rings. The van der Waals surface area contributed by atoms with Crippen molar-refractivity contribution >= 4 is 12.0 Å². The van der Waals surface area contributed by atoms with Gasteiger partial charge < -0.3 is 5.32 Å². The predicted octanol–water partition coefficient (Wildman–Crippen LogP) is 2.28. The number of halogens is 3. The van der Waals surface area contributed by atoms with Crippen molar-refractivity contribution < 1.29 is 18.0 Å². The van der Waals surface area contributed by atoms with Gasteiger partial charge in [0.2, 0.25) is 5.95 Å². The lowest BCUT2D eigenvalue weighted by molar-refractivity contribution is -0.122. The van der Waals surface area contributed by atoms with Gasteiger partial charge in [0.25, 0.3) is 0 Å². The van der Waals surface area contributed by atoms with E-state index in [4.69, 9.17) is 0 Å². The Morgan fingerprint density at radius 2 is 1.89 bits per heavy atom. The molecule has 0 spiro atoms. The number of aromatic nitrogens is 2. The minimum absolute atomic E-state index is 0.0425. The van der Waals surface area contributed by atoms with Gasteiger partial charge in [0.15, 0.2) is 0 Å². The number of carbonyl (C=O) groups excluding carboxylic acids is 1. The van der Waals surface area contributed by atoms with Crippen molar-refractivity contribution in [3.8, 4) is 0 Å². The zero-order chi connectivity index (χ0) is 13.8. The lowest BCUT2D eigenvalue weighted by atomic mass is 10.1. The van der Waals surface area contributed by atoms with Gasteiger partial charge in [-0.1, -0.05) is 13.8 Å². The summed E-state index contributed by atoms with van der Waals surface area (Å²) < 4.78 is 35.5. The molecule has 1 aromatic rings. The first-order valence-corrected chi connectivity index (χ1v) is 5.21. The maximum atomic E-state index is 11.8. The van der Waals surface area contributed by atoms with Crippen LogP contribution in [0, 0.1) is 0 Å². The summed E-state index contributed by atoms with van der Waals surface area (Å²) in [5, 5.41) is 3.76. The van der Waals surface area contributed by atoms with Crippen LogP contribution >= 0.6 is 0 Å². The maximum Gasteiger partial charge on any atom is 0.405 e. The van der Waals surface area contributed by atoms with Crippen LogP contribution < -0.4 is 10.6 Å². The number of rotatable bonds is 3. The topological polar surface area (TPSA) is 66.9 Å². The summed E-state index contributed by atoms with van der Waals surface area (Å²) in [5.74, 6) is 0.192. The Hall–Kier alpha value is -1.86. The summed E-state index contributed by atoms with van der Waals surface area (Å²) in [6.07, 6.45) is -1.42. The van der Waals surface area contributed by atoms with Crippen molar-refractivity contribution in [2.45, 2.75) is 25.9 Å². The lowest BCUT2D eigenvalue weighted by Gasteiger charge is -2.09. The minimum Gasteiger partial charge on any atom is -0.329 e. The minimum atomic E-state index is -4.44. The molecule has 0 saturated carbocycles. The molecule has 1 aromatic heterocycles. The number of alkyl halides is 3. The van der Waals surface area contributed by atoms with E-state index in [-0.39, 0.29) is 11.9 Å². The third kappa shape index (κ3) is 4.98. The first-order valence-electron chi connectivity index (χ1n) is 5.21. The van der Waals surface area contributed by atoms with E-state index in [1.54, 1.807) is 5.32 Å². The number of hydrogen-bond donors (Lipinski definition) is 2. The second kappa shape index (κ2) is 5.65. The normalized spacial score (nSPS) is 11.4. The highest BCUT2D eigenvalue weighted by molar-refractivity contribution is 5.87. The highest BCUT2D eigenvalue weighted by Gasteiger charge is 2.27. The highest BCUT2D eigenvalue weighted by atomic mass is 19.4. The van der Waals surface area contributed by atoms with E-state index >= 15 is 0 Å². The van der Waals surface area contributed by atoms with Gasteiger partial charge in [-0.2, -0.15) is 13.2 Å². The van der Waals surface area contributed by atoms with Gasteiger partial charge in [0, 0.05) is 12.4 Å². The van der Waals surface area contributed by atoms with Gasteiger partial charge >= 0.3 is 12.2 Å². The molecule has 0 unspecified atom stereocenters. The molecule has 0 atom stereocenters. The quantitative estimate of drug-likeness (QED) is 0.878. The Bertz CT molecular complexity index is 403. The van der Waals surface area contributed by atoms with Crippen LogP contribution in [0.4, 0.5) is 23.9 Å². The van der Waals surface area contributed by atoms with Crippen LogP contribution in [-0.2, 0) is 0 Å². The molecule has 0 fully saturated rings. The second-order valence-corrected chi connectivity index (χ2v) is 3.92. The summed E-state index contributed by atoms with van der Waals surface area (Å²) in [6, 6.07) is -0.996. The fraction of sp³-hybridized carbons (Fsp3) is 0.500. The molecule has 0 saturated heterocycles. The zero-order valence-electron chi connectivity index (χ0n) is 9.88. The van der Waals surface area contributed by atoms with E-state index in [2.05, 4.69) is 15.3 Å². The predicted molar refractivity (Wildman–Crippen MR) is 59.2 cm³/mol. The SMILES string of the molecule is CC(C)c1cnc(NC(=O)NCC(F)(F)F)nc1. The second-order valence-electron chi connectivity index (χ2n) is 3.92. The molecule has 5 nitrogen and oxygen atoms in total. The van der Waals surface area contributed by atoms with Crippen LogP contribution in [0.2, 0.25) is 0 Å². The number of amides is 2. The average molecular weight is 262 g/mol. The van der Waals surface area contributed by atoms with Gasteiger partial charge in [-0.05, 0) is 11.5 Å². The number of urea groups is 1. The monoisotopic (exact) mass is 262 g/mol. The third-order valence-corrected chi connectivity index (χ3v) is 2.01. The molecule has 2 N–H and O–H groups in total. The number of nitrogens with zero attached hydrogens (tertiary/aromatic N) is 2. The Morgan fingerprint density at radius 1 is 1.33 bits per heavy atom. The van der Waals surface area contributed by atoms with E-state index < -0.39 is 18.8 Å². The van der Waals surface area contributed by atoms with Gasteiger partial charge in [-0.25, -0.2) is 14.8 Å². The molecular formula is C10H13F3N4O. The Morgan fingerprint density at radius 3 is 2.33 bits per heavy atom. The van der Waals surface area contributed by atoms with E-state index in [1.165, 1.54) is 12.4 Å². The molecule has 0 aliphatic carbocycles. The number of hydrogen-bond acceptors (Lipinski definition) is 3. The van der Waals surface area contributed by atoms with E-state index in [0.29, 0.717) is 0 Å². The number of anilines is 1. The van der Waals surface area contributed by atoms with Crippen molar-refractivity contribution in [3.63, 3.8) is 0 Å². The molecule has 1 heterocycles. The van der Waals surface area contributed by atoms with Crippen LogP contribution in [0.25, 0.3) is 0 Å². The summed E-state index contributed by atoms with van der Waals surface area (Å²) in [7, 11) is 0. The molecule has 100 valence electrons. The molecule has 1 rings (SSSR count). The molecule has 0 aliphatic heterocycles. The molecular weight excluding hydrogens is 249 g/mol. The molecule has 0 bridgehead atoms. The smallest absolute Gasteiger partial charge is 0.329 e. The Kier molecular flexibility index (Phi) is 4.46. The van der Waals surface area contributed by atoms with Gasteiger partial charge in [0.1, 0.15) is 6.54 Å². The van der Waals surface area contributed by atoms with E-state index in [9.17, 15) is 18.0 Å². The fourth-order valence-electron chi connectivity index (χ4n) is 1.03. The maximum absolute atomic E-state index is 11.8. The molecule has 2 amide bonds. The summed E-state index contributed by atoms with van der Waals surface area (Å²) >= 11 is 0. The summed E-state index contributed by atoms with van der Waals surface area (Å²) in [5.41, 5.74) is 0.872. The van der Waals surface area contributed by atoms with E-state index in [0.717, 1.165) is 5.56 Å². The molecule has 18 heavy (non-hydrogen) atoms. The van der Waals surface area contributed by atoms with Crippen LogP contribution in [0.15, 0.2) is 12.4 Å². The van der Waals surface area contributed by atoms with Crippen molar-refractivity contribution in [1.82, 2.24) is 15.3 Å². The van der Waals surface area contributed by atoms with Gasteiger partial charge in [-0.15, -0.1) is 0 Å². The number of carbonyl (C=O) groups is 1. The number of nitrogens with one attached hydrogen (secondary N) is 2. The van der Waals surface area contributed by atoms with Crippen molar-refractivity contribution in [2.75, 3.05) is 11.9 Å². The highest BCUT2D eigenvalue weighted by Crippen LogP contribution is 2.13. The summed E-state index contributed by atoms with van der Waals surface area (Å²) in [4.78, 5) is 18.7. The largest absolute Gasteiger partial charge is 0.405 e. The van der Waals surface area contributed by atoms with Crippen LogP contribution in [-0.4, -0.2) is 28.7 Å². The van der Waals surface area contributed by atoms with Crippen molar-refractivity contribution in [3.05, 3.63) is 18.0 Å². The van der Waals surface area contributed by atoms with Crippen LogP contribution in [0.1, 0.15) is 25.3 Å². The third-order valence-electron chi connectivity index (χ3n) is 2.01. The Balaban J connectivity index is 2.50. The van der Waals surface area contributed by atoms with Gasteiger partial charge in [0.05, 0.1) is 0 Å². The van der Waals surface area contributed by atoms with Crippen LogP contribution in [0.5, 0.6) is 0 Å². The average Bonchev–Trinajstić information content (AvgIpc) is 2.26. The standard InChI is InChI=1S/C10H13F3N4O/c1-6(2)7-3-14-8(15-4-7)17-9(18)16-5-10(11,12)13/h3-4,6H,5H2,1-2H3,(H2,14,15,16,17,18). The molecule has 0 radical (unpaired) electrons. The van der Waals surface area contributed by atoms with Gasteiger partial charge in [-0.3, -0.25) is 5.32 Å². The first kappa shape index (κ1) is 14.2. The lowest BCUT2D eigenvalue weighted by Crippen LogP contribution is -2.37. The Labute approximate surface area is 102 Å². The first-order chi connectivity index (χ1) is 8.28. The van der Waals surface area contributed by atoms with Crippen LogP contribution in [0.3, 0.4) is 0 Å². The zero-order valence-corrected chi connectivity index (χ0v) is 9.88. The fourth-order valence-corrected chi connectivity index (χ4v) is 1.03. The van der Waals surface area contributed by atoms with Crippen molar-refractivity contribution in [2.24, 2.45) is 0 Å². The van der Waals surface area contributed by atoms with Crippen molar-refractivity contribution in [1.29, 1.82) is 0 Å². The molecule has 0 aromatic carbocycles. The van der Waals surface area contributed by atoms with E-state index in [1.807, 2.05) is 13.8 Å². The summed E-state index contributed by atoms with van der Waals surface area (Å²) in [6.45, 7) is 2.49. The molecule has 8 heteroatoms.